The Kier molecular flexibility index (Phi) is 4.39. The molecule has 0 unspecified atom stereocenters. The molecule has 1 rings (SSSR count). The monoisotopic (exact) mass is 199 g/mol. The molecule has 14 heavy (non-hydrogen) atoms. The van der Waals surface area contributed by atoms with E-state index in [2.05, 4.69) is 17.0 Å². The van der Waals surface area contributed by atoms with Crippen molar-refractivity contribution in [3.63, 3.8) is 0 Å². The Labute approximate surface area is 86.2 Å². The van der Waals surface area contributed by atoms with Gasteiger partial charge in [0.15, 0.2) is 0 Å². The number of esters is 1. The van der Waals surface area contributed by atoms with Gasteiger partial charge in [0.2, 0.25) is 0 Å². The second-order valence-corrected chi connectivity index (χ2v) is 4.52. The van der Waals surface area contributed by atoms with Crippen molar-refractivity contribution < 1.29 is 9.53 Å². The highest BCUT2D eigenvalue weighted by Crippen LogP contribution is 2.36. The van der Waals surface area contributed by atoms with Crippen LogP contribution in [0.5, 0.6) is 0 Å². The Morgan fingerprint density at radius 2 is 2.07 bits per heavy atom. The van der Waals surface area contributed by atoms with Crippen LogP contribution in [0.1, 0.15) is 39.0 Å². The first kappa shape index (κ1) is 11.5. The van der Waals surface area contributed by atoms with Crippen LogP contribution in [0.4, 0.5) is 0 Å². The summed E-state index contributed by atoms with van der Waals surface area (Å²) in [6.45, 7) is 4.09. The third-order valence-electron chi connectivity index (χ3n) is 3.10. The first-order chi connectivity index (χ1) is 6.66. The maximum atomic E-state index is 10.8. The molecule has 1 aliphatic carbocycles. The molecule has 0 bridgehead atoms. The first-order valence-electron chi connectivity index (χ1n) is 5.44. The minimum atomic E-state index is -0.130. The molecule has 0 amide bonds. The van der Waals surface area contributed by atoms with Crippen LogP contribution in [0.25, 0.3) is 0 Å². The van der Waals surface area contributed by atoms with E-state index in [0.29, 0.717) is 11.8 Å². The number of carbonyl (C=O) groups excluding carboxylic acids is 1. The summed E-state index contributed by atoms with van der Waals surface area (Å²) in [5.41, 5.74) is 0.468. The Balaban J connectivity index is 2.06. The van der Waals surface area contributed by atoms with Crippen molar-refractivity contribution >= 4 is 5.97 Å². The minimum Gasteiger partial charge on any atom is -0.469 e. The lowest BCUT2D eigenvalue weighted by Gasteiger charge is -2.23. The van der Waals surface area contributed by atoms with Gasteiger partial charge >= 0.3 is 5.97 Å². The maximum absolute atomic E-state index is 10.8. The molecule has 0 radical (unpaired) electrons. The lowest BCUT2D eigenvalue weighted by atomic mass is 9.89. The van der Waals surface area contributed by atoms with E-state index < -0.39 is 0 Å². The van der Waals surface area contributed by atoms with Crippen LogP contribution in [0.2, 0.25) is 0 Å². The first-order valence-corrected chi connectivity index (χ1v) is 5.44. The third kappa shape index (κ3) is 3.66. The molecule has 1 aliphatic rings. The van der Waals surface area contributed by atoms with E-state index in [9.17, 15) is 4.79 Å². The Morgan fingerprint density at radius 1 is 1.43 bits per heavy atom. The lowest BCUT2D eigenvalue weighted by molar-refractivity contribution is -0.140. The summed E-state index contributed by atoms with van der Waals surface area (Å²) in [6, 6.07) is 0. The van der Waals surface area contributed by atoms with Gasteiger partial charge in [0.25, 0.3) is 0 Å². The summed E-state index contributed by atoms with van der Waals surface area (Å²) in [5, 5.41) is 3.33. The van der Waals surface area contributed by atoms with Gasteiger partial charge in [0, 0.05) is 13.1 Å². The summed E-state index contributed by atoms with van der Waals surface area (Å²) in [7, 11) is 1.43. The summed E-state index contributed by atoms with van der Waals surface area (Å²) in [6.07, 6.45) is 5.83. The van der Waals surface area contributed by atoms with Crippen LogP contribution < -0.4 is 5.32 Å². The Bertz CT molecular complexity index is 186. The van der Waals surface area contributed by atoms with Crippen molar-refractivity contribution in [2.24, 2.45) is 5.41 Å². The van der Waals surface area contributed by atoms with E-state index in [-0.39, 0.29) is 5.97 Å². The number of carbonyl (C=O) groups is 1. The molecular formula is C11H21NO2. The van der Waals surface area contributed by atoms with E-state index in [1.165, 1.54) is 32.8 Å². The molecular weight excluding hydrogens is 178 g/mol. The molecule has 0 aliphatic heterocycles. The zero-order valence-electron chi connectivity index (χ0n) is 9.27. The summed E-state index contributed by atoms with van der Waals surface area (Å²) >= 11 is 0. The summed E-state index contributed by atoms with van der Waals surface area (Å²) < 4.78 is 4.57. The number of rotatable bonds is 5. The molecule has 0 atom stereocenters. The van der Waals surface area contributed by atoms with E-state index in [1.54, 1.807) is 0 Å². The van der Waals surface area contributed by atoms with Crippen LogP contribution in [-0.2, 0) is 9.53 Å². The van der Waals surface area contributed by atoms with Gasteiger partial charge < -0.3 is 10.1 Å². The molecule has 0 heterocycles. The molecule has 82 valence electrons. The molecule has 0 saturated heterocycles. The van der Waals surface area contributed by atoms with Gasteiger partial charge in [-0.25, -0.2) is 0 Å². The van der Waals surface area contributed by atoms with Gasteiger partial charge in [-0.05, 0) is 18.3 Å². The van der Waals surface area contributed by atoms with Crippen LogP contribution in [0.15, 0.2) is 0 Å². The van der Waals surface area contributed by atoms with Crippen molar-refractivity contribution in [3.05, 3.63) is 0 Å². The van der Waals surface area contributed by atoms with Crippen LogP contribution in [0.3, 0.4) is 0 Å². The van der Waals surface area contributed by atoms with Crippen LogP contribution in [-0.4, -0.2) is 26.2 Å². The van der Waals surface area contributed by atoms with E-state index >= 15 is 0 Å². The fourth-order valence-corrected chi connectivity index (χ4v) is 2.09. The summed E-state index contributed by atoms with van der Waals surface area (Å²) in [5.74, 6) is -0.130. The zero-order chi connectivity index (χ0) is 10.4. The highest BCUT2D eigenvalue weighted by Gasteiger charge is 2.27. The SMILES string of the molecule is COC(=O)CCNCC1(C)CCCC1. The van der Waals surface area contributed by atoms with E-state index in [1.807, 2.05) is 0 Å². The fraction of sp³-hybridized carbons (Fsp3) is 0.909. The number of methoxy groups -OCH3 is 1. The minimum absolute atomic E-state index is 0.130. The molecule has 1 saturated carbocycles. The van der Waals surface area contributed by atoms with Gasteiger partial charge in [0.05, 0.1) is 13.5 Å². The van der Waals surface area contributed by atoms with E-state index in [0.717, 1.165) is 13.1 Å². The largest absolute Gasteiger partial charge is 0.469 e. The van der Waals surface area contributed by atoms with Crippen molar-refractivity contribution in [2.45, 2.75) is 39.0 Å². The predicted molar refractivity (Wildman–Crippen MR) is 56.1 cm³/mol. The molecule has 3 nitrogen and oxygen atoms in total. The average molecular weight is 199 g/mol. The molecule has 3 heteroatoms. The molecule has 1 fully saturated rings. The zero-order valence-corrected chi connectivity index (χ0v) is 9.27. The molecule has 0 aromatic heterocycles. The van der Waals surface area contributed by atoms with Crippen molar-refractivity contribution in [1.82, 2.24) is 5.32 Å². The highest BCUT2D eigenvalue weighted by atomic mass is 16.5. The lowest BCUT2D eigenvalue weighted by Crippen LogP contribution is -2.31. The second kappa shape index (κ2) is 5.35. The normalized spacial score (nSPS) is 19.6. The second-order valence-electron chi connectivity index (χ2n) is 4.52. The Morgan fingerprint density at radius 3 is 2.64 bits per heavy atom. The van der Waals surface area contributed by atoms with Gasteiger partial charge in [0.1, 0.15) is 0 Å². The molecule has 0 aromatic carbocycles. The number of ether oxygens (including phenoxy) is 1. The number of hydrogen-bond donors (Lipinski definition) is 1. The van der Waals surface area contributed by atoms with Crippen LogP contribution >= 0.6 is 0 Å². The quantitative estimate of drug-likeness (QED) is 0.541. The van der Waals surface area contributed by atoms with Gasteiger partial charge in [-0.15, -0.1) is 0 Å². The van der Waals surface area contributed by atoms with Gasteiger partial charge in [-0.2, -0.15) is 0 Å². The highest BCUT2D eigenvalue weighted by molar-refractivity contribution is 5.69. The van der Waals surface area contributed by atoms with Crippen LogP contribution in [0, 0.1) is 5.41 Å². The summed E-state index contributed by atoms with van der Waals surface area (Å²) in [4.78, 5) is 10.8. The van der Waals surface area contributed by atoms with Gasteiger partial charge in [-0.3, -0.25) is 4.79 Å². The van der Waals surface area contributed by atoms with Crippen molar-refractivity contribution in [2.75, 3.05) is 20.2 Å². The maximum Gasteiger partial charge on any atom is 0.306 e. The molecule has 0 aromatic rings. The predicted octanol–water partition coefficient (Wildman–Crippen LogP) is 1.72. The average Bonchev–Trinajstić information content (AvgIpc) is 2.60. The third-order valence-corrected chi connectivity index (χ3v) is 3.10. The number of hydrogen-bond acceptors (Lipinski definition) is 3. The van der Waals surface area contributed by atoms with Gasteiger partial charge in [-0.1, -0.05) is 19.8 Å². The molecule has 0 spiro atoms. The fourth-order valence-electron chi connectivity index (χ4n) is 2.09. The van der Waals surface area contributed by atoms with Crippen molar-refractivity contribution in [1.29, 1.82) is 0 Å². The van der Waals surface area contributed by atoms with E-state index in [4.69, 9.17) is 0 Å². The smallest absolute Gasteiger partial charge is 0.306 e. The standard InChI is InChI=1S/C11H21NO2/c1-11(6-3-4-7-11)9-12-8-5-10(13)14-2/h12H,3-9H2,1-2H3. The molecule has 1 N–H and O–H groups in total. The Hall–Kier alpha value is -0.570. The topological polar surface area (TPSA) is 38.3 Å². The number of nitrogens with one attached hydrogen (secondary N) is 1. The van der Waals surface area contributed by atoms with Crippen molar-refractivity contribution in [3.8, 4) is 0 Å².